The summed E-state index contributed by atoms with van der Waals surface area (Å²) in [5, 5.41) is 0. The van der Waals surface area contributed by atoms with E-state index in [1.807, 2.05) is 0 Å². The van der Waals surface area contributed by atoms with E-state index in [0.29, 0.717) is 11.8 Å². The lowest BCUT2D eigenvalue weighted by atomic mass is 9.56. The van der Waals surface area contributed by atoms with Crippen molar-refractivity contribution < 1.29 is 0 Å². The average Bonchev–Trinajstić information content (AvgIpc) is 3.11. The first-order chi connectivity index (χ1) is 16.6. The molecule has 2 bridgehead atoms. The number of allylic oxidation sites excluding steroid dienone is 8. The largest absolute Gasteiger partial charge is 0.0874 e. The molecular weight excluding hydrogens is 408 g/mol. The maximum absolute atomic E-state index is 2.63. The lowest BCUT2D eigenvalue weighted by Gasteiger charge is -2.47. The van der Waals surface area contributed by atoms with E-state index in [4.69, 9.17) is 0 Å². The van der Waals surface area contributed by atoms with Crippen LogP contribution >= 0.6 is 0 Å². The molecule has 0 amide bonds. The molecule has 0 heteroatoms. The first-order valence-electron chi connectivity index (χ1n) is 14.2. The van der Waals surface area contributed by atoms with Gasteiger partial charge >= 0.3 is 0 Å². The second-order valence-corrected chi connectivity index (χ2v) is 11.5. The summed E-state index contributed by atoms with van der Waals surface area (Å²) >= 11 is 0. The van der Waals surface area contributed by atoms with Crippen LogP contribution < -0.4 is 0 Å². The molecule has 0 N–H and O–H groups in total. The highest BCUT2D eigenvalue weighted by molar-refractivity contribution is 5.51. The molecule has 0 radical (unpaired) electrons. The molecule has 1 aromatic carbocycles. The molecule has 34 heavy (non-hydrogen) atoms. The predicted molar refractivity (Wildman–Crippen MR) is 149 cm³/mol. The van der Waals surface area contributed by atoms with Crippen molar-refractivity contribution in [2.75, 3.05) is 0 Å². The third kappa shape index (κ3) is 4.55. The van der Waals surface area contributed by atoms with Gasteiger partial charge in [0.2, 0.25) is 0 Å². The van der Waals surface area contributed by atoms with E-state index in [2.05, 4.69) is 102 Å². The molecule has 3 aliphatic carbocycles. The summed E-state index contributed by atoms with van der Waals surface area (Å²) in [7, 11) is 0. The monoisotopic (exact) mass is 456 g/mol. The lowest BCUT2D eigenvalue weighted by Crippen LogP contribution is -2.39. The van der Waals surface area contributed by atoms with Crippen molar-refractivity contribution in [3.63, 3.8) is 0 Å². The van der Waals surface area contributed by atoms with Gasteiger partial charge in [0.05, 0.1) is 0 Å². The van der Waals surface area contributed by atoms with Crippen LogP contribution in [0.15, 0.2) is 77.4 Å². The fourth-order valence-electron chi connectivity index (χ4n) is 8.49. The molecule has 0 nitrogen and oxygen atoms in total. The van der Waals surface area contributed by atoms with Crippen LogP contribution in [0.4, 0.5) is 0 Å². The molecule has 3 aliphatic rings. The minimum Gasteiger partial charge on any atom is -0.0874 e. The maximum Gasteiger partial charge on any atom is 0.0123 e. The van der Waals surface area contributed by atoms with E-state index in [0.717, 1.165) is 35.5 Å². The molecule has 3 fully saturated rings. The van der Waals surface area contributed by atoms with Crippen LogP contribution in [0.1, 0.15) is 91.5 Å². The molecular formula is C34H48. The van der Waals surface area contributed by atoms with Crippen LogP contribution in [0.2, 0.25) is 0 Å². The number of hydrogen-bond donors (Lipinski definition) is 0. The second-order valence-electron chi connectivity index (χ2n) is 11.5. The van der Waals surface area contributed by atoms with Gasteiger partial charge in [-0.2, -0.15) is 0 Å². The zero-order valence-electron chi connectivity index (χ0n) is 22.6. The fraction of sp³-hybridized carbons (Fsp3) is 0.588. The summed E-state index contributed by atoms with van der Waals surface area (Å²) in [6.07, 6.45) is 20.5. The highest BCUT2D eigenvalue weighted by Crippen LogP contribution is 2.65. The Hall–Kier alpha value is -1.82. The van der Waals surface area contributed by atoms with Gasteiger partial charge in [0, 0.05) is 11.8 Å². The van der Waals surface area contributed by atoms with Crippen LogP contribution in [0.25, 0.3) is 0 Å². The average molecular weight is 457 g/mol. The predicted octanol–water partition coefficient (Wildman–Crippen LogP) is 9.92. The highest BCUT2D eigenvalue weighted by atomic mass is 14.6. The van der Waals surface area contributed by atoms with Gasteiger partial charge < -0.3 is 0 Å². The SMILES string of the molecule is C/C=C\C(=C/C)C1C(=C/C)/C(=C\C)C(c2ccccc2)C2C3CCCC(C)CCCC(C3C)C12. The van der Waals surface area contributed by atoms with Gasteiger partial charge in [0.1, 0.15) is 0 Å². The van der Waals surface area contributed by atoms with Crippen molar-refractivity contribution in [2.45, 2.75) is 86.0 Å². The smallest absolute Gasteiger partial charge is 0.0123 e. The Balaban J connectivity index is 1.93. The van der Waals surface area contributed by atoms with Gasteiger partial charge in [-0.05, 0) is 98.3 Å². The Morgan fingerprint density at radius 1 is 0.765 bits per heavy atom. The van der Waals surface area contributed by atoms with Gasteiger partial charge in [-0.3, -0.25) is 0 Å². The second kappa shape index (κ2) is 11.3. The quantitative estimate of drug-likeness (QED) is 0.397. The van der Waals surface area contributed by atoms with Crippen molar-refractivity contribution in [3.8, 4) is 0 Å². The molecule has 184 valence electrons. The zero-order chi connectivity index (χ0) is 24.2. The third-order valence-corrected chi connectivity index (χ3v) is 9.86. The van der Waals surface area contributed by atoms with E-state index in [-0.39, 0.29) is 0 Å². The summed E-state index contributed by atoms with van der Waals surface area (Å²) in [6.45, 7) is 14.2. The molecule has 1 aromatic rings. The van der Waals surface area contributed by atoms with Gasteiger partial charge in [-0.15, -0.1) is 0 Å². The first kappa shape index (κ1) is 25.3. The van der Waals surface area contributed by atoms with E-state index in [1.54, 1.807) is 11.1 Å². The molecule has 0 aromatic heterocycles. The highest BCUT2D eigenvalue weighted by Gasteiger charge is 2.57. The van der Waals surface area contributed by atoms with Crippen LogP contribution in [0.5, 0.6) is 0 Å². The normalized spacial score (nSPS) is 39.5. The first-order valence-corrected chi connectivity index (χ1v) is 14.2. The van der Waals surface area contributed by atoms with Crippen molar-refractivity contribution in [3.05, 3.63) is 83.0 Å². The summed E-state index contributed by atoms with van der Waals surface area (Å²) in [6, 6.07) is 11.5. The minimum atomic E-state index is 0.526. The number of fused-ring (bicyclic) bond motifs is 5. The molecule has 3 saturated carbocycles. The molecule has 8 atom stereocenters. The molecule has 0 spiro atoms. The summed E-state index contributed by atoms with van der Waals surface area (Å²) < 4.78 is 0. The number of benzene rings is 1. The molecule has 0 heterocycles. The Kier molecular flexibility index (Phi) is 8.39. The molecule has 4 rings (SSSR count). The van der Waals surface area contributed by atoms with Crippen LogP contribution in [0.3, 0.4) is 0 Å². The fourth-order valence-corrected chi connectivity index (χ4v) is 8.49. The topological polar surface area (TPSA) is 0 Å². The Labute approximate surface area is 210 Å². The number of rotatable bonds is 3. The number of hydrogen-bond acceptors (Lipinski definition) is 0. The van der Waals surface area contributed by atoms with Gasteiger partial charge in [0.15, 0.2) is 0 Å². The Morgan fingerprint density at radius 2 is 1.38 bits per heavy atom. The third-order valence-electron chi connectivity index (χ3n) is 9.86. The van der Waals surface area contributed by atoms with E-state index >= 15 is 0 Å². The summed E-state index contributed by atoms with van der Waals surface area (Å²) in [5.74, 6) is 5.87. The molecule has 0 saturated heterocycles. The lowest BCUT2D eigenvalue weighted by molar-refractivity contribution is 0.182. The minimum absolute atomic E-state index is 0.526. The van der Waals surface area contributed by atoms with Crippen LogP contribution in [0, 0.1) is 41.4 Å². The van der Waals surface area contributed by atoms with Crippen LogP contribution in [-0.2, 0) is 0 Å². The van der Waals surface area contributed by atoms with Gasteiger partial charge in [-0.1, -0.05) is 100 Å². The van der Waals surface area contributed by atoms with Crippen molar-refractivity contribution in [2.24, 2.45) is 41.4 Å². The Morgan fingerprint density at radius 3 is 1.94 bits per heavy atom. The van der Waals surface area contributed by atoms with E-state index < -0.39 is 0 Å². The zero-order valence-corrected chi connectivity index (χ0v) is 22.6. The van der Waals surface area contributed by atoms with E-state index in [1.165, 1.54) is 49.7 Å². The van der Waals surface area contributed by atoms with Crippen LogP contribution in [-0.4, -0.2) is 0 Å². The van der Waals surface area contributed by atoms with Gasteiger partial charge in [-0.25, -0.2) is 0 Å². The van der Waals surface area contributed by atoms with Crippen molar-refractivity contribution >= 4 is 0 Å². The van der Waals surface area contributed by atoms with Gasteiger partial charge in [0.25, 0.3) is 0 Å². The van der Waals surface area contributed by atoms with E-state index in [9.17, 15) is 0 Å². The van der Waals surface area contributed by atoms with Crippen molar-refractivity contribution in [1.29, 1.82) is 0 Å². The summed E-state index contributed by atoms with van der Waals surface area (Å²) in [4.78, 5) is 0. The standard InChI is InChI=1S/C34H48/c1-7-16-25(8-2)31-27(9-3)28(10-4)32(26-19-12-11-13-20-26)34-30-22-15-18-23(5)17-14-21-29(24(30)6)33(31)34/h7-13,16,19-20,23-24,29-34H,14-15,17-18,21-22H2,1-6H3/b16-7-,25-8+,27-9+,28-10+. The van der Waals surface area contributed by atoms with Crippen molar-refractivity contribution in [1.82, 2.24) is 0 Å². The molecule has 8 unspecified atom stereocenters. The molecule has 0 aliphatic heterocycles. The summed E-state index contributed by atoms with van der Waals surface area (Å²) in [5.41, 5.74) is 6.28. The Bertz CT molecular complexity index is 926. The maximum atomic E-state index is 2.63.